The number of piperidine rings is 1. The van der Waals surface area contributed by atoms with E-state index in [2.05, 4.69) is 27.2 Å². The molecule has 4 rings (SSSR count). The lowest BCUT2D eigenvalue weighted by molar-refractivity contribution is -0.139. The number of carbonyl (C=O) groups excluding carboxylic acids is 2. The molecule has 2 aliphatic rings. The maximum absolute atomic E-state index is 13.5. The third kappa shape index (κ3) is 5.81. The predicted molar refractivity (Wildman–Crippen MR) is 132 cm³/mol. The van der Waals surface area contributed by atoms with Crippen molar-refractivity contribution in [2.75, 3.05) is 51.1 Å². The van der Waals surface area contributed by atoms with Crippen LogP contribution in [0.25, 0.3) is 0 Å². The molecule has 2 amide bonds. The first kappa shape index (κ1) is 23.5. The highest BCUT2D eigenvalue weighted by Crippen LogP contribution is 2.26. The van der Waals surface area contributed by atoms with Gasteiger partial charge in [-0.1, -0.05) is 48.5 Å². The van der Waals surface area contributed by atoms with E-state index in [1.54, 1.807) is 0 Å². The van der Waals surface area contributed by atoms with Crippen molar-refractivity contribution in [3.8, 4) is 0 Å². The Balaban J connectivity index is 1.38. The van der Waals surface area contributed by atoms with Crippen LogP contribution >= 0.6 is 0 Å². The third-order valence-corrected chi connectivity index (χ3v) is 6.90. The van der Waals surface area contributed by atoms with Crippen molar-refractivity contribution in [3.63, 3.8) is 0 Å². The molecular weight excluding hydrogens is 412 g/mol. The smallest absolute Gasteiger partial charge is 0.244 e. The summed E-state index contributed by atoms with van der Waals surface area (Å²) < 4.78 is 0. The van der Waals surface area contributed by atoms with Crippen LogP contribution in [0.4, 0.5) is 5.69 Å². The lowest BCUT2D eigenvalue weighted by Crippen LogP contribution is -2.53. The number of hydrogen-bond donors (Lipinski definition) is 1. The van der Waals surface area contributed by atoms with E-state index in [0.29, 0.717) is 6.54 Å². The minimum atomic E-state index is -0.241. The molecule has 2 aromatic carbocycles. The maximum Gasteiger partial charge on any atom is 0.244 e. The molecule has 2 saturated heterocycles. The zero-order valence-corrected chi connectivity index (χ0v) is 19.9. The van der Waals surface area contributed by atoms with Gasteiger partial charge in [-0.15, -0.1) is 0 Å². The molecule has 2 fully saturated rings. The van der Waals surface area contributed by atoms with E-state index in [-0.39, 0.29) is 17.9 Å². The molecule has 0 bridgehead atoms. The van der Waals surface area contributed by atoms with Crippen molar-refractivity contribution in [1.82, 2.24) is 14.7 Å². The molecule has 33 heavy (non-hydrogen) atoms. The van der Waals surface area contributed by atoms with Crippen LogP contribution in [0, 0.1) is 13.8 Å². The molecule has 1 N–H and O–H groups in total. The van der Waals surface area contributed by atoms with Gasteiger partial charge in [-0.2, -0.15) is 0 Å². The van der Waals surface area contributed by atoms with Crippen molar-refractivity contribution in [2.45, 2.75) is 39.2 Å². The van der Waals surface area contributed by atoms with Gasteiger partial charge in [0.15, 0.2) is 0 Å². The summed E-state index contributed by atoms with van der Waals surface area (Å²) in [6.45, 7) is 9.23. The summed E-state index contributed by atoms with van der Waals surface area (Å²) in [5.74, 6) is 0.243. The lowest BCUT2D eigenvalue weighted by atomic mass is 10.0. The fourth-order valence-electron chi connectivity index (χ4n) is 5.01. The fourth-order valence-corrected chi connectivity index (χ4v) is 5.01. The molecule has 176 valence electrons. The molecule has 0 radical (unpaired) electrons. The number of amides is 2. The first-order valence-electron chi connectivity index (χ1n) is 12.2. The number of carbonyl (C=O) groups is 2. The SMILES string of the molecule is Cc1cccc(C)c1NC(=O)CN1CCN([C@@H](C(=O)N2CCCCC2)c2ccccc2)CC1. The van der Waals surface area contributed by atoms with Crippen LogP contribution in [0.5, 0.6) is 0 Å². The molecule has 2 heterocycles. The number of piperazine rings is 1. The minimum absolute atomic E-state index is 0.0184. The first-order valence-corrected chi connectivity index (χ1v) is 12.2. The molecule has 1 atom stereocenters. The largest absolute Gasteiger partial charge is 0.341 e. The summed E-state index contributed by atoms with van der Waals surface area (Å²) in [7, 11) is 0. The Kier molecular flexibility index (Phi) is 7.78. The second kappa shape index (κ2) is 10.9. The highest BCUT2D eigenvalue weighted by Gasteiger charge is 2.34. The Labute approximate surface area is 197 Å². The van der Waals surface area contributed by atoms with Gasteiger partial charge < -0.3 is 10.2 Å². The third-order valence-electron chi connectivity index (χ3n) is 6.90. The number of nitrogens with one attached hydrogen (secondary N) is 1. The van der Waals surface area contributed by atoms with E-state index < -0.39 is 0 Å². The predicted octanol–water partition coefficient (Wildman–Crippen LogP) is 3.61. The van der Waals surface area contributed by atoms with E-state index in [4.69, 9.17) is 0 Å². The van der Waals surface area contributed by atoms with Crippen molar-refractivity contribution in [3.05, 3.63) is 65.2 Å². The summed E-state index contributed by atoms with van der Waals surface area (Å²) in [6, 6.07) is 16.0. The van der Waals surface area contributed by atoms with Crippen LogP contribution in [-0.2, 0) is 9.59 Å². The normalized spacial score (nSPS) is 18.7. The number of likely N-dealkylation sites (tertiary alicyclic amines) is 1. The zero-order chi connectivity index (χ0) is 23.2. The van der Waals surface area contributed by atoms with Gasteiger partial charge in [0.2, 0.25) is 11.8 Å². The van der Waals surface area contributed by atoms with Crippen LogP contribution < -0.4 is 5.32 Å². The van der Waals surface area contributed by atoms with Crippen molar-refractivity contribution >= 4 is 17.5 Å². The van der Waals surface area contributed by atoms with Crippen LogP contribution in [-0.4, -0.2) is 72.3 Å². The van der Waals surface area contributed by atoms with Crippen LogP contribution in [0.3, 0.4) is 0 Å². The average molecular weight is 449 g/mol. The summed E-state index contributed by atoms with van der Waals surface area (Å²) in [5.41, 5.74) is 4.14. The van der Waals surface area contributed by atoms with Gasteiger partial charge in [0.25, 0.3) is 0 Å². The molecule has 0 aliphatic carbocycles. The maximum atomic E-state index is 13.5. The Morgan fingerprint density at radius 1 is 0.818 bits per heavy atom. The van der Waals surface area contributed by atoms with Gasteiger partial charge >= 0.3 is 0 Å². The monoisotopic (exact) mass is 448 g/mol. The van der Waals surface area contributed by atoms with E-state index >= 15 is 0 Å². The molecular formula is C27H36N4O2. The number of para-hydroxylation sites is 1. The summed E-state index contributed by atoms with van der Waals surface area (Å²) in [5, 5.41) is 3.09. The Morgan fingerprint density at radius 3 is 2.09 bits per heavy atom. The topological polar surface area (TPSA) is 55.9 Å². The van der Waals surface area contributed by atoms with Crippen molar-refractivity contribution in [2.24, 2.45) is 0 Å². The van der Waals surface area contributed by atoms with E-state index in [1.807, 2.05) is 55.1 Å². The summed E-state index contributed by atoms with van der Waals surface area (Å²) in [4.78, 5) is 32.8. The molecule has 2 aliphatic heterocycles. The summed E-state index contributed by atoms with van der Waals surface area (Å²) >= 11 is 0. The molecule has 0 saturated carbocycles. The number of aryl methyl sites for hydroxylation is 2. The second-order valence-corrected chi connectivity index (χ2v) is 9.33. The number of hydrogen-bond acceptors (Lipinski definition) is 4. The standard InChI is InChI=1S/C27H36N4O2/c1-21-10-9-11-22(2)25(21)28-24(32)20-29-16-18-30(19-17-29)26(23-12-5-3-6-13-23)27(33)31-14-7-4-8-15-31/h3,5-6,9-13,26H,4,7-8,14-20H2,1-2H3,(H,28,32)/t26-/m1/s1. The van der Waals surface area contributed by atoms with Crippen LogP contribution in [0.1, 0.15) is 42.0 Å². The second-order valence-electron chi connectivity index (χ2n) is 9.33. The first-order chi connectivity index (χ1) is 16.0. The molecule has 0 unspecified atom stereocenters. The molecule has 6 heteroatoms. The highest BCUT2D eigenvalue weighted by atomic mass is 16.2. The van der Waals surface area contributed by atoms with Gasteiger partial charge in [0.05, 0.1) is 6.54 Å². The number of nitrogens with zero attached hydrogens (tertiary/aromatic N) is 3. The number of anilines is 1. The molecule has 0 spiro atoms. The average Bonchev–Trinajstić information content (AvgIpc) is 2.84. The Hall–Kier alpha value is -2.70. The van der Waals surface area contributed by atoms with Crippen LogP contribution in [0.2, 0.25) is 0 Å². The quantitative estimate of drug-likeness (QED) is 0.734. The molecule has 2 aromatic rings. The number of rotatable bonds is 6. The minimum Gasteiger partial charge on any atom is -0.341 e. The summed E-state index contributed by atoms with van der Waals surface area (Å²) in [6.07, 6.45) is 3.40. The van der Waals surface area contributed by atoms with Gasteiger partial charge in [-0.3, -0.25) is 19.4 Å². The van der Waals surface area contributed by atoms with E-state index in [1.165, 1.54) is 6.42 Å². The molecule has 6 nitrogen and oxygen atoms in total. The van der Waals surface area contributed by atoms with Crippen LogP contribution in [0.15, 0.2) is 48.5 Å². The van der Waals surface area contributed by atoms with Gasteiger partial charge in [-0.05, 0) is 49.8 Å². The van der Waals surface area contributed by atoms with Crippen molar-refractivity contribution in [1.29, 1.82) is 0 Å². The number of benzene rings is 2. The Morgan fingerprint density at radius 2 is 1.45 bits per heavy atom. The lowest BCUT2D eigenvalue weighted by Gasteiger charge is -2.41. The molecule has 0 aromatic heterocycles. The van der Waals surface area contributed by atoms with E-state index in [0.717, 1.165) is 74.5 Å². The van der Waals surface area contributed by atoms with Gasteiger partial charge in [0, 0.05) is 45.0 Å². The highest BCUT2D eigenvalue weighted by molar-refractivity contribution is 5.93. The van der Waals surface area contributed by atoms with Crippen molar-refractivity contribution < 1.29 is 9.59 Å². The fraction of sp³-hybridized carbons (Fsp3) is 0.481. The Bertz CT molecular complexity index is 928. The van der Waals surface area contributed by atoms with Gasteiger partial charge in [0.1, 0.15) is 6.04 Å². The van der Waals surface area contributed by atoms with Gasteiger partial charge in [-0.25, -0.2) is 0 Å². The zero-order valence-electron chi connectivity index (χ0n) is 19.9. The van der Waals surface area contributed by atoms with E-state index in [9.17, 15) is 9.59 Å².